The number of hydrogen-bond donors (Lipinski definition) is 3. The summed E-state index contributed by atoms with van der Waals surface area (Å²) in [6.07, 6.45) is -4.58. The normalized spacial score (nSPS) is 12.0. The summed E-state index contributed by atoms with van der Waals surface area (Å²) in [5, 5.41) is 8.12. The Balaban J connectivity index is 0.00000264. The molecule has 0 bridgehead atoms. The minimum Gasteiger partial charge on any atom is -0.370 e. The van der Waals surface area contributed by atoms with Crippen LogP contribution >= 0.6 is 24.0 Å². The molecule has 1 aromatic heterocycles. The van der Waals surface area contributed by atoms with Crippen molar-refractivity contribution >= 4 is 35.6 Å². The number of anilines is 1. The highest BCUT2D eigenvalue weighted by Crippen LogP contribution is 2.25. The van der Waals surface area contributed by atoms with E-state index >= 15 is 0 Å². The first-order valence-corrected chi connectivity index (χ1v) is 6.38. The highest BCUT2D eigenvalue weighted by molar-refractivity contribution is 14.0. The number of nitrogens with one attached hydrogen (secondary N) is 2. The molecule has 0 aliphatic rings. The van der Waals surface area contributed by atoms with Crippen molar-refractivity contribution in [2.45, 2.75) is 26.6 Å². The van der Waals surface area contributed by atoms with E-state index in [1.165, 1.54) is 0 Å². The van der Waals surface area contributed by atoms with E-state index < -0.39 is 12.0 Å². The predicted octanol–water partition coefficient (Wildman–Crippen LogP) is 2.99. The molecule has 1 aromatic carbocycles. The SMILES string of the molecule is Cc1ccc(NC(N)=NCc2nc(C(F)(F)F)n[nH]2)cc1C.I. The van der Waals surface area contributed by atoms with Gasteiger partial charge < -0.3 is 11.1 Å². The van der Waals surface area contributed by atoms with Crippen LogP contribution in [0.15, 0.2) is 23.2 Å². The number of halogens is 4. The third kappa shape index (κ3) is 5.37. The molecule has 126 valence electrons. The van der Waals surface area contributed by atoms with Crippen LogP contribution in [-0.2, 0) is 12.7 Å². The van der Waals surface area contributed by atoms with Crippen LogP contribution < -0.4 is 11.1 Å². The topological polar surface area (TPSA) is 92.0 Å². The van der Waals surface area contributed by atoms with Gasteiger partial charge in [0.05, 0.1) is 0 Å². The Bertz CT molecular complexity index is 695. The van der Waals surface area contributed by atoms with Crippen LogP contribution in [0, 0.1) is 13.8 Å². The lowest BCUT2D eigenvalue weighted by Crippen LogP contribution is -2.22. The van der Waals surface area contributed by atoms with Gasteiger partial charge in [0.15, 0.2) is 5.96 Å². The Morgan fingerprint density at radius 3 is 2.57 bits per heavy atom. The number of alkyl halides is 3. The maximum atomic E-state index is 12.3. The van der Waals surface area contributed by atoms with Gasteiger partial charge in [-0.2, -0.15) is 13.2 Å². The van der Waals surface area contributed by atoms with Crippen LogP contribution in [0.2, 0.25) is 0 Å². The number of hydrogen-bond acceptors (Lipinski definition) is 3. The summed E-state index contributed by atoms with van der Waals surface area (Å²) < 4.78 is 37.0. The molecule has 2 aromatic rings. The lowest BCUT2D eigenvalue weighted by atomic mass is 10.1. The van der Waals surface area contributed by atoms with Crippen molar-refractivity contribution in [3.05, 3.63) is 41.0 Å². The summed E-state index contributed by atoms with van der Waals surface area (Å²) >= 11 is 0. The van der Waals surface area contributed by atoms with Gasteiger partial charge in [-0.3, -0.25) is 5.10 Å². The number of nitrogens with zero attached hydrogens (tertiary/aromatic N) is 3. The van der Waals surface area contributed by atoms with E-state index in [4.69, 9.17) is 5.73 Å². The number of rotatable bonds is 3. The van der Waals surface area contributed by atoms with Crippen LogP contribution in [0.4, 0.5) is 18.9 Å². The molecule has 0 saturated heterocycles. The zero-order chi connectivity index (χ0) is 16.3. The minimum absolute atomic E-state index is 0. The Morgan fingerprint density at radius 2 is 2.00 bits per heavy atom. The average molecular weight is 440 g/mol. The molecule has 0 radical (unpaired) electrons. The fourth-order valence-electron chi connectivity index (χ4n) is 1.66. The highest BCUT2D eigenvalue weighted by Gasteiger charge is 2.35. The Kier molecular flexibility index (Phi) is 6.36. The molecule has 0 unspecified atom stereocenters. The lowest BCUT2D eigenvalue weighted by molar-refractivity contribution is -0.144. The van der Waals surface area contributed by atoms with Crippen molar-refractivity contribution in [2.75, 3.05) is 5.32 Å². The largest absolute Gasteiger partial charge is 0.453 e. The zero-order valence-corrected chi connectivity index (χ0v) is 14.7. The lowest BCUT2D eigenvalue weighted by Gasteiger charge is -2.07. The van der Waals surface area contributed by atoms with E-state index in [0.717, 1.165) is 16.8 Å². The zero-order valence-electron chi connectivity index (χ0n) is 12.4. The third-order valence-corrected chi connectivity index (χ3v) is 2.96. The minimum atomic E-state index is -4.58. The van der Waals surface area contributed by atoms with E-state index in [0.29, 0.717) is 0 Å². The molecule has 0 fully saturated rings. The molecule has 10 heteroatoms. The number of aromatic nitrogens is 3. The first-order chi connectivity index (χ1) is 10.3. The molecule has 0 amide bonds. The van der Waals surface area contributed by atoms with Gasteiger partial charge in [0.1, 0.15) is 12.4 Å². The van der Waals surface area contributed by atoms with E-state index in [9.17, 15) is 13.2 Å². The van der Waals surface area contributed by atoms with Gasteiger partial charge in [-0.15, -0.1) is 29.1 Å². The van der Waals surface area contributed by atoms with Crippen molar-refractivity contribution in [1.82, 2.24) is 15.2 Å². The fourth-order valence-corrected chi connectivity index (χ4v) is 1.66. The molecule has 6 nitrogen and oxygen atoms in total. The highest BCUT2D eigenvalue weighted by atomic mass is 127. The first-order valence-electron chi connectivity index (χ1n) is 6.38. The second-order valence-corrected chi connectivity index (χ2v) is 4.73. The second-order valence-electron chi connectivity index (χ2n) is 4.73. The standard InChI is InChI=1S/C13H15F3N6.HI/c1-7-3-4-9(5-8(7)2)19-12(17)18-6-10-20-11(22-21-10)13(14,15)16;/h3-5H,6H2,1-2H3,(H3,17,18,19)(H,20,21,22);1H. The van der Waals surface area contributed by atoms with E-state index in [-0.39, 0.29) is 42.3 Å². The molecule has 1 heterocycles. The fraction of sp³-hybridized carbons (Fsp3) is 0.308. The molecular formula is C13H16F3IN6. The van der Waals surface area contributed by atoms with Gasteiger partial charge >= 0.3 is 6.18 Å². The summed E-state index contributed by atoms with van der Waals surface area (Å²) in [7, 11) is 0. The molecule has 0 atom stereocenters. The van der Waals surface area contributed by atoms with Crippen molar-refractivity contribution in [1.29, 1.82) is 0 Å². The van der Waals surface area contributed by atoms with Crippen molar-refractivity contribution in [3.63, 3.8) is 0 Å². The summed E-state index contributed by atoms with van der Waals surface area (Å²) in [6.45, 7) is 3.81. The van der Waals surface area contributed by atoms with Crippen molar-refractivity contribution in [3.8, 4) is 0 Å². The number of H-pyrrole nitrogens is 1. The number of nitrogens with two attached hydrogens (primary N) is 1. The number of aliphatic imine (C=N–C) groups is 1. The smallest absolute Gasteiger partial charge is 0.370 e. The summed E-state index contributed by atoms with van der Waals surface area (Å²) in [5.74, 6) is -1.16. The molecular weight excluding hydrogens is 424 g/mol. The van der Waals surface area contributed by atoms with Crippen LogP contribution in [0.1, 0.15) is 22.8 Å². The van der Waals surface area contributed by atoms with Crippen LogP contribution in [0.25, 0.3) is 0 Å². The molecule has 0 spiro atoms. The monoisotopic (exact) mass is 440 g/mol. The molecule has 2 rings (SSSR count). The van der Waals surface area contributed by atoms with Crippen molar-refractivity contribution in [2.24, 2.45) is 10.7 Å². The van der Waals surface area contributed by atoms with Gasteiger partial charge in [-0.25, -0.2) is 9.98 Å². The van der Waals surface area contributed by atoms with Crippen LogP contribution in [0.5, 0.6) is 0 Å². The Labute approximate surface area is 147 Å². The van der Waals surface area contributed by atoms with Crippen molar-refractivity contribution < 1.29 is 13.2 Å². The van der Waals surface area contributed by atoms with Crippen LogP contribution in [0.3, 0.4) is 0 Å². The average Bonchev–Trinajstić information content (AvgIpc) is 2.89. The predicted molar refractivity (Wildman–Crippen MR) is 91.7 cm³/mol. The number of guanidine groups is 1. The second kappa shape index (κ2) is 7.62. The van der Waals surface area contributed by atoms with Gasteiger partial charge in [0.25, 0.3) is 5.82 Å². The third-order valence-electron chi connectivity index (χ3n) is 2.96. The number of aryl methyl sites for hydroxylation is 2. The van der Waals surface area contributed by atoms with Gasteiger partial charge in [0.2, 0.25) is 0 Å². The maximum absolute atomic E-state index is 12.3. The van der Waals surface area contributed by atoms with Crippen LogP contribution in [-0.4, -0.2) is 21.1 Å². The number of aromatic amines is 1. The quantitative estimate of drug-likeness (QED) is 0.389. The van der Waals surface area contributed by atoms with E-state index in [2.05, 4.69) is 25.5 Å². The van der Waals surface area contributed by atoms with E-state index in [1.807, 2.05) is 32.0 Å². The molecule has 4 N–H and O–H groups in total. The summed E-state index contributed by atoms with van der Waals surface area (Å²) in [4.78, 5) is 7.22. The molecule has 0 saturated carbocycles. The Morgan fingerprint density at radius 1 is 1.30 bits per heavy atom. The van der Waals surface area contributed by atoms with Gasteiger partial charge in [0, 0.05) is 5.69 Å². The summed E-state index contributed by atoms with van der Waals surface area (Å²) in [6, 6.07) is 5.66. The molecule has 0 aliphatic carbocycles. The van der Waals surface area contributed by atoms with E-state index in [1.54, 1.807) is 0 Å². The van der Waals surface area contributed by atoms with Gasteiger partial charge in [-0.1, -0.05) is 6.07 Å². The number of benzene rings is 1. The Hall–Kier alpha value is -1.85. The summed E-state index contributed by atoms with van der Waals surface area (Å²) in [5.41, 5.74) is 8.66. The molecule has 23 heavy (non-hydrogen) atoms. The van der Waals surface area contributed by atoms with Gasteiger partial charge in [-0.05, 0) is 37.1 Å². The molecule has 0 aliphatic heterocycles. The maximum Gasteiger partial charge on any atom is 0.453 e. The first kappa shape index (κ1) is 19.2.